The first kappa shape index (κ1) is 13.1. The highest BCUT2D eigenvalue weighted by atomic mass is 35.5. The zero-order chi connectivity index (χ0) is 14.1. The van der Waals surface area contributed by atoms with Crippen LogP contribution in [0.5, 0.6) is 0 Å². The Labute approximate surface area is 123 Å². The summed E-state index contributed by atoms with van der Waals surface area (Å²) < 4.78 is 2.17. The molecule has 1 aromatic carbocycles. The summed E-state index contributed by atoms with van der Waals surface area (Å²) in [6.45, 7) is 4.81. The van der Waals surface area contributed by atoms with Crippen molar-refractivity contribution in [2.45, 2.75) is 26.3 Å². The van der Waals surface area contributed by atoms with E-state index in [0.29, 0.717) is 5.88 Å². The van der Waals surface area contributed by atoms with E-state index in [2.05, 4.69) is 45.7 Å². The number of imidazole rings is 1. The van der Waals surface area contributed by atoms with Crippen LogP contribution in [0.2, 0.25) is 0 Å². The zero-order valence-electron chi connectivity index (χ0n) is 11.6. The Hall–Kier alpha value is -1.87. The fraction of sp³-hybridized carbons (Fsp3) is 0.250. The Kier molecular flexibility index (Phi) is 3.45. The molecule has 2 heterocycles. The lowest BCUT2D eigenvalue weighted by Crippen LogP contribution is -2.04. The van der Waals surface area contributed by atoms with E-state index in [1.165, 1.54) is 5.56 Å². The van der Waals surface area contributed by atoms with E-state index < -0.39 is 0 Å². The maximum Gasteiger partial charge on any atom is 0.125 e. The first-order valence-electron chi connectivity index (χ1n) is 6.61. The van der Waals surface area contributed by atoms with Crippen LogP contribution in [0.3, 0.4) is 0 Å². The van der Waals surface area contributed by atoms with E-state index in [-0.39, 0.29) is 0 Å². The van der Waals surface area contributed by atoms with Gasteiger partial charge in [-0.3, -0.25) is 4.98 Å². The predicted molar refractivity (Wildman–Crippen MR) is 82.1 cm³/mol. The van der Waals surface area contributed by atoms with E-state index in [0.717, 1.165) is 34.7 Å². The van der Waals surface area contributed by atoms with E-state index in [9.17, 15) is 0 Å². The fourth-order valence-corrected chi connectivity index (χ4v) is 2.59. The molecular weight excluding hydrogens is 270 g/mol. The van der Waals surface area contributed by atoms with Crippen LogP contribution < -0.4 is 0 Å². The van der Waals surface area contributed by atoms with Crippen LogP contribution >= 0.6 is 11.6 Å². The van der Waals surface area contributed by atoms with Gasteiger partial charge in [-0.1, -0.05) is 18.2 Å². The first-order valence-corrected chi connectivity index (χ1v) is 7.14. The molecule has 3 nitrogen and oxygen atoms in total. The lowest BCUT2D eigenvalue weighted by Gasteiger charge is -2.08. The SMILES string of the molecule is Cc1ccc(Cn2c(CCl)nc3c(C)cccc32)cn1. The van der Waals surface area contributed by atoms with Gasteiger partial charge in [0.15, 0.2) is 0 Å². The molecular formula is C16H16ClN3. The van der Waals surface area contributed by atoms with Crippen molar-refractivity contribution >= 4 is 22.6 Å². The van der Waals surface area contributed by atoms with E-state index in [4.69, 9.17) is 11.6 Å². The van der Waals surface area contributed by atoms with Crippen LogP contribution in [-0.4, -0.2) is 14.5 Å². The van der Waals surface area contributed by atoms with Crippen molar-refractivity contribution in [3.8, 4) is 0 Å². The summed E-state index contributed by atoms with van der Waals surface area (Å²) in [5, 5.41) is 0. The van der Waals surface area contributed by atoms with Gasteiger partial charge in [0.1, 0.15) is 5.82 Å². The van der Waals surface area contributed by atoms with Gasteiger partial charge in [-0.2, -0.15) is 0 Å². The third-order valence-corrected chi connectivity index (χ3v) is 3.73. The summed E-state index contributed by atoms with van der Waals surface area (Å²) >= 11 is 6.05. The van der Waals surface area contributed by atoms with Gasteiger partial charge < -0.3 is 4.57 Å². The first-order chi connectivity index (χ1) is 9.69. The summed E-state index contributed by atoms with van der Waals surface area (Å²) in [5.74, 6) is 1.31. The minimum atomic E-state index is 0.410. The maximum atomic E-state index is 6.05. The molecule has 20 heavy (non-hydrogen) atoms. The maximum absolute atomic E-state index is 6.05. The number of halogens is 1. The zero-order valence-corrected chi connectivity index (χ0v) is 12.4. The molecule has 0 aliphatic carbocycles. The van der Waals surface area contributed by atoms with E-state index in [1.54, 1.807) is 0 Å². The fourth-order valence-electron chi connectivity index (χ4n) is 2.39. The quantitative estimate of drug-likeness (QED) is 0.685. The van der Waals surface area contributed by atoms with Crippen LogP contribution in [0.4, 0.5) is 0 Å². The number of alkyl halides is 1. The molecule has 0 fully saturated rings. The second-order valence-electron chi connectivity index (χ2n) is 5.00. The molecule has 0 aliphatic heterocycles. The predicted octanol–water partition coefficient (Wildman–Crippen LogP) is 3.84. The van der Waals surface area contributed by atoms with Gasteiger partial charge in [0.2, 0.25) is 0 Å². The number of aromatic nitrogens is 3. The van der Waals surface area contributed by atoms with Gasteiger partial charge in [-0.05, 0) is 37.1 Å². The van der Waals surface area contributed by atoms with E-state index >= 15 is 0 Å². The van der Waals surface area contributed by atoms with Crippen LogP contribution in [0.25, 0.3) is 11.0 Å². The van der Waals surface area contributed by atoms with Crippen molar-refractivity contribution < 1.29 is 0 Å². The number of nitrogens with zero attached hydrogens (tertiary/aromatic N) is 3. The summed E-state index contributed by atoms with van der Waals surface area (Å²) in [4.78, 5) is 9.00. The second kappa shape index (κ2) is 5.25. The van der Waals surface area contributed by atoms with Crippen LogP contribution in [0.15, 0.2) is 36.5 Å². The van der Waals surface area contributed by atoms with Gasteiger partial charge in [0.25, 0.3) is 0 Å². The second-order valence-corrected chi connectivity index (χ2v) is 5.27. The Morgan fingerprint density at radius 2 is 2.00 bits per heavy atom. The van der Waals surface area contributed by atoms with Crippen LogP contribution in [0, 0.1) is 13.8 Å². The lowest BCUT2D eigenvalue weighted by molar-refractivity contribution is 0.774. The lowest BCUT2D eigenvalue weighted by atomic mass is 10.2. The van der Waals surface area contributed by atoms with Crippen molar-refractivity contribution in [2.75, 3.05) is 0 Å². The third-order valence-electron chi connectivity index (χ3n) is 3.49. The average Bonchev–Trinajstić information content (AvgIpc) is 2.81. The topological polar surface area (TPSA) is 30.7 Å². The molecule has 3 rings (SSSR count). The van der Waals surface area contributed by atoms with Crippen molar-refractivity contribution in [1.29, 1.82) is 0 Å². The number of rotatable bonds is 3. The molecule has 0 saturated carbocycles. The van der Waals surface area contributed by atoms with Gasteiger partial charge in [0.05, 0.1) is 23.5 Å². The summed E-state index contributed by atoms with van der Waals surface area (Å²) in [5.41, 5.74) is 5.51. The van der Waals surface area contributed by atoms with Crippen LogP contribution in [0.1, 0.15) is 22.6 Å². The van der Waals surface area contributed by atoms with Crippen molar-refractivity contribution in [3.63, 3.8) is 0 Å². The molecule has 0 radical (unpaired) electrons. The monoisotopic (exact) mass is 285 g/mol. The van der Waals surface area contributed by atoms with Gasteiger partial charge in [0, 0.05) is 11.9 Å². The molecule has 102 valence electrons. The Morgan fingerprint density at radius 1 is 1.15 bits per heavy atom. The molecule has 4 heteroatoms. The molecule has 0 amide bonds. The number of benzene rings is 1. The standard InChI is InChI=1S/C16H16ClN3/c1-11-4-3-5-14-16(11)19-15(8-17)20(14)10-13-7-6-12(2)18-9-13/h3-7,9H,8,10H2,1-2H3. The molecule has 2 aromatic heterocycles. The highest BCUT2D eigenvalue weighted by molar-refractivity contribution is 6.16. The minimum absolute atomic E-state index is 0.410. The summed E-state index contributed by atoms with van der Waals surface area (Å²) in [7, 11) is 0. The van der Waals surface area contributed by atoms with Gasteiger partial charge in [-0.15, -0.1) is 11.6 Å². The molecule has 0 spiro atoms. The molecule has 0 unspecified atom stereocenters. The van der Waals surface area contributed by atoms with Gasteiger partial charge in [-0.25, -0.2) is 4.98 Å². The molecule has 0 saturated heterocycles. The van der Waals surface area contributed by atoms with Crippen LogP contribution in [-0.2, 0) is 12.4 Å². The number of hydrogen-bond acceptors (Lipinski definition) is 2. The van der Waals surface area contributed by atoms with Crippen molar-refractivity contribution in [3.05, 3.63) is 59.2 Å². The third kappa shape index (κ3) is 2.29. The highest BCUT2D eigenvalue weighted by Crippen LogP contribution is 2.22. The molecule has 0 N–H and O–H groups in total. The number of aryl methyl sites for hydroxylation is 2. The number of hydrogen-bond donors (Lipinski definition) is 0. The molecule has 3 aromatic rings. The highest BCUT2D eigenvalue weighted by Gasteiger charge is 2.11. The minimum Gasteiger partial charge on any atom is -0.322 e. The number of pyridine rings is 1. The molecule has 0 atom stereocenters. The average molecular weight is 286 g/mol. The number of para-hydroxylation sites is 1. The van der Waals surface area contributed by atoms with Gasteiger partial charge >= 0.3 is 0 Å². The normalized spacial score (nSPS) is 11.2. The number of fused-ring (bicyclic) bond motifs is 1. The summed E-state index contributed by atoms with van der Waals surface area (Å²) in [6.07, 6.45) is 1.91. The molecule has 0 aliphatic rings. The van der Waals surface area contributed by atoms with E-state index in [1.807, 2.05) is 19.2 Å². The smallest absolute Gasteiger partial charge is 0.125 e. The Morgan fingerprint density at radius 3 is 2.70 bits per heavy atom. The largest absolute Gasteiger partial charge is 0.322 e. The molecule has 0 bridgehead atoms. The van der Waals surface area contributed by atoms with Crippen molar-refractivity contribution in [2.24, 2.45) is 0 Å². The van der Waals surface area contributed by atoms with Crippen molar-refractivity contribution in [1.82, 2.24) is 14.5 Å². The summed E-state index contributed by atoms with van der Waals surface area (Å²) in [6, 6.07) is 10.3. The Balaban J connectivity index is 2.10. The Bertz CT molecular complexity index is 744.